The van der Waals surface area contributed by atoms with E-state index >= 15 is 0 Å². The van der Waals surface area contributed by atoms with Crippen LogP contribution in [-0.4, -0.2) is 14.5 Å². The second kappa shape index (κ2) is 9.02. The Labute approximate surface area is 241 Å². The third-order valence-electron chi connectivity index (χ3n) is 8.43. The Morgan fingerprint density at radius 1 is 0.667 bits per heavy atom. The van der Waals surface area contributed by atoms with Crippen LogP contribution < -0.4 is 0 Å². The quantitative estimate of drug-likeness (QED) is 0.224. The van der Waals surface area contributed by atoms with E-state index in [0.717, 1.165) is 84.3 Å². The summed E-state index contributed by atoms with van der Waals surface area (Å²) in [6.45, 7) is 0. The smallest absolute Gasteiger partial charge is 0.235 e. The van der Waals surface area contributed by atoms with Gasteiger partial charge in [0.1, 0.15) is 11.1 Å². The van der Waals surface area contributed by atoms with Gasteiger partial charge in [0.25, 0.3) is 0 Å². The lowest BCUT2D eigenvalue weighted by Crippen LogP contribution is -2.05. The van der Waals surface area contributed by atoms with Crippen molar-refractivity contribution in [2.45, 2.75) is 12.8 Å². The molecule has 0 saturated heterocycles. The topological polar surface area (TPSA) is 43.9 Å². The SMILES string of the molecule is C1=CC(c2nc(-n3c4ccccc4c4c(-c5ccccc5)cc5c6ccccc6oc5c43)nc3ccccc23)=CCC1. The van der Waals surface area contributed by atoms with Crippen molar-refractivity contribution in [3.05, 3.63) is 133 Å². The van der Waals surface area contributed by atoms with Gasteiger partial charge in [0.05, 0.1) is 16.7 Å². The van der Waals surface area contributed by atoms with E-state index in [1.165, 1.54) is 5.56 Å². The minimum atomic E-state index is 0.641. The maximum absolute atomic E-state index is 6.68. The normalized spacial score (nSPS) is 13.6. The van der Waals surface area contributed by atoms with Crippen LogP contribution in [0.2, 0.25) is 0 Å². The van der Waals surface area contributed by atoms with Crippen LogP contribution in [0.1, 0.15) is 18.5 Å². The number of aromatic nitrogens is 3. The third kappa shape index (κ3) is 3.36. The van der Waals surface area contributed by atoms with Gasteiger partial charge in [-0.05, 0) is 53.8 Å². The molecule has 4 nitrogen and oxygen atoms in total. The van der Waals surface area contributed by atoms with Gasteiger partial charge in [-0.3, -0.25) is 4.57 Å². The van der Waals surface area contributed by atoms with Gasteiger partial charge in [0.2, 0.25) is 5.95 Å². The van der Waals surface area contributed by atoms with Crippen LogP contribution in [0.25, 0.3) is 77.3 Å². The van der Waals surface area contributed by atoms with E-state index in [-0.39, 0.29) is 0 Å². The molecule has 0 radical (unpaired) electrons. The van der Waals surface area contributed by atoms with Crippen LogP contribution >= 0.6 is 0 Å². The fraction of sp³-hybridized carbons (Fsp3) is 0.0526. The minimum Gasteiger partial charge on any atom is -0.454 e. The molecule has 3 aromatic heterocycles. The van der Waals surface area contributed by atoms with Gasteiger partial charge in [-0.25, -0.2) is 9.97 Å². The summed E-state index contributed by atoms with van der Waals surface area (Å²) < 4.78 is 8.90. The highest BCUT2D eigenvalue weighted by molar-refractivity contribution is 6.26. The zero-order valence-electron chi connectivity index (χ0n) is 22.8. The lowest BCUT2D eigenvalue weighted by Gasteiger charge is -2.14. The molecule has 0 aliphatic heterocycles. The number of hydrogen-bond acceptors (Lipinski definition) is 3. The van der Waals surface area contributed by atoms with E-state index in [9.17, 15) is 0 Å². The van der Waals surface area contributed by atoms with Gasteiger partial charge in [-0.15, -0.1) is 0 Å². The number of furan rings is 1. The first-order chi connectivity index (χ1) is 20.8. The van der Waals surface area contributed by atoms with E-state index in [1.807, 2.05) is 18.2 Å². The number of allylic oxidation sites excluding steroid dienone is 4. The summed E-state index contributed by atoms with van der Waals surface area (Å²) in [5, 5.41) is 5.52. The predicted octanol–water partition coefficient (Wildman–Crippen LogP) is 10.0. The molecule has 0 spiro atoms. The summed E-state index contributed by atoms with van der Waals surface area (Å²) in [6, 6.07) is 38.1. The zero-order valence-corrected chi connectivity index (χ0v) is 22.8. The molecule has 0 fully saturated rings. The van der Waals surface area contributed by atoms with E-state index < -0.39 is 0 Å². The van der Waals surface area contributed by atoms with E-state index in [0.29, 0.717) is 5.95 Å². The van der Waals surface area contributed by atoms with Crippen molar-refractivity contribution in [3.8, 4) is 17.1 Å². The second-order valence-corrected chi connectivity index (χ2v) is 10.9. The molecular weight excluding hydrogens is 514 g/mol. The van der Waals surface area contributed by atoms with Gasteiger partial charge in [0, 0.05) is 26.9 Å². The molecule has 8 aromatic rings. The first-order valence-electron chi connectivity index (χ1n) is 14.4. The monoisotopic (exact) mass is 539 g/mol. The van der Waals surface area contributed by atoms with Crippen molar-refractivity contribution in [1.82, 2.24) is 14.5 Å². The van der Waals surface area contributed by atoms with Crippen molar-refractivity contribution in [1.29, 1.82) is 0 Å². The second-order valence-electron chi connectivity index (χ2n) is 10.9. The zero-order chi connectivity index (χ0) is 27.6. The Morgan fingerprint density at radius 2 is 1.43 bits per heavy atom. The first kappa shape index (κ1) is 23.2. The minimum absolute atomic E-state index is 0.641. The Hall–Kier alpha value is -5.48. The molecule has 0 atom stereocenters. The maximum atomic E-state index is 6.68. The molecule has 198 valence electrons. The van der Waals surface area contributed by atoms with Crippen LogP contribution in [0.3, 0.4) is 0 Å². The van der Waals surface area contributed by atoms with Crippen molar-refractivity contribution >= 4 is 60.2 Å². The summed E-state index contributed by atoms with van der Waals surface area (Å²) in [6.07, 6.45) is 8.78. The summed E-state index contributed by atoms with van der Waals surface area (Å²) in [4.78, 5) is 10.5. The van der Waals surface area contributed by atoms with Gasteiger partial charge < -0.3 is 4.42 Å². The van der Waals surface area contributed by atoms with Crippen LogP contribution in [0.5, 0.6) is 0 Å². The molecule has 9 rings (SSSR count). The van der Waals surface area contributed by atoms with Crippen molar-refractivity contribution in [2.24, 2.45) is 0 Å². The van der Waals surface area contributed by atoms with Crippen LogP contribution in [0.15, 0.2) is 132 Å². The highest BCUT2D eigenvalue weighted by Gasteiger charge is 2.24. The number of para-hydroxylation sites is 3. The summed E-state index contributed by atoms with van der Waals surface area (Å²) >= 11 is 0. The molecule has 0 bridgehead atoms. The standard InChI is InChI=1S/C38H25N3O/c1-3-13-24(14-4-1)29-23-30-26-17-9-12-22-33(26)42-37(30)36-34(29)28-19-8-11-21-32(28)41(36)38-39-31-20-10-7-18-27(31)35(40-38)25-15-5-2-6-16-25/h1,3-5,7-23H,2,6H2. The van der Waals surface area contributed by atoms with Crippen molar-refractivity contribution < 1.29 is 4.42 Å². The van der Waals surface area contributed by atoms with E-state index in [4.69, 9.17) is 14.4 Å². The highest BCUT2D eigenvalue weighted by atomic mass is 16.3. The molecule has 0 saturated carbocycles. The Bertz CT molecular complexity index is 2410. The molecule has 3 heterocycles. The molecular formula is C38H25N3O. The predicted molar refractivity (Wildman–Crippen MR) is 173 cm³/mol. The van der Waals surface area contributed by atoms with Crippen LogP contribution in [0.4, 0.5) is 0 Å². The number of hydrogen-bond donors (Lipinski definition) is 0. The maximum Gasteiger partial charge on any atom is 0.235 e. The fourth-order valence-electron chi connectivity index (χ4n) is 6.56. The Morgan fingerprint density at radius 3 is 2.29 bits per heavy atom. The average molecular weight is 540 g/mol. The van der Waals surface area contributed by atoms with Gasteiger partial charge in [0.15, 0.2) is 5.58 Å². The Kier molecular flexibility index (Phi) is 4.99. The number of nitrogens with zero attached hydrogens (tertiary/aromatic N) is 3. The van der Waals surface area contributed by atoms with Gasteiger partial charge in [-0.2, -0.15) is 0 Å². The average Bonchev–Trinajstić information content (AvgIpc) is 3.61. The molecule has 0 N–H and O–H groups in total. The number of rotatable bonds is 3. The largest absolute Gasteiger partial charge is 0.454 e. The molecule has 5 aromatic carbocycles. The summed E-state index contributed by atoms with van der Waals surface area (Å²) in [7, 11) is 0. The number of benzene rings is 5. The molecule has 42 heavy (non-hydrogen) atoms. The van der Waals surface area contributed by atoms with E-state index in [1.54, 1.807) is 0 Å². The Balaban J connectivity index is 1.50. The summed E-state index contributed by atoms with van der Waals surface area (Å²) in [5.41, 5.74) is 9.09. The van der Waals surface area contributed by atoms with Crippen molar-refractivity contribution in [3.63, 3.8) is 0 Å². The van der Waals surface area contributed by atoms with Crippen LogP contribution in [0, 0.1) is 0 Å². The highest BCUT2D eigenvalue weighted by Crippen LogP contribution is 2.45. The fourth-order valence-corrected chi connectivity index (χ4v) is 6.56. The molecule has 4 heteroatoms. The lowest BCUT2D eigenvalue weighted by atomic mass is 9.97. The van der Waals surface area contributed by atoms with Crippen molar-refractivity contribution in [2.75, 3.05) is 0 Å². The molecule has 0 unspecified atom stereocenters. The molecule has 0 amide bonds. The first-order valence-corrected chi connectivity index (χ1v) is 14.4. The molecule has 1 aliphatic rings. The van der Waals surface area contributed by atoms with Crippen LogP contribution in [-0.2, 0) is 0 Å². The third-order valence-corrected chi connectivity index (χ3v) is 8.43. The van der Waals surface area contributed by atoms with Gasteiger partial charge in [-0.1, -0.05) is 103 Å². The van der Waals surface area contributed by atoms with E-state index in [2.05, 4.69) is 114 Å². The molecule has 1 aliphatic carbocycles. The van der Waals surface area contributed by atoms with Gasteiger partial charge >= 0.3 is 0 Å². The summed E-state index contributed by atoms with van der Waals surface area (Å²) in [5.74, 6) is 0.641. The lowest BCUT2D eigenvalue weighted by molar-refractivity contribution is 0.671. The number of fused-ring (bicyclic) bond motifs is 8.